The van der Waals surface area contributed by atoms with E-state index < -0.39 is 23.8 Å². The monoisotopic (exact) mass is 627 g/mol. The van der Waals surface area contributed by atoms with Crippen molar-refractivity contribution >= 4 is 23.6 Å². The Hall–Kier alpha value is -4.13. The molecule has 0 radical (unpaired) electrons. The van der Waals surface area contributed by atoms with E-state index >= 15 is 0 Å². The Morgan fingerprint density at radius 2 is 1.33 bits per heavy atom. The molecule has 0 aliphatic heterocycles. The van der Waals surface area contributed by atoms with Crippen molar-refractivity contribution in [1.82, 2.24) is 10.2 Å². The number of hydrogen-bond donors (Lipinski definition) is 2. The molecule has 0 aromatic heterocycles. The van der Waals surface area contributed by atoms with Crippen molar-refractivity contribution in [2.45, 2.75) is 112 Å². The first-order valence-corrected chi connectivity index (χ1v) is 16.6. The predicted octanol–water partition coefficient (Wildman–Crippen LogP) is 8.54. The van der Waals surface area contributed by atoms with Gasteiger partial charge in [-0.2, -0.15) is 0 Å². The third-order valence-corrected chi connectivity index (χ3v) is 8.16. The molecule has 46 heavy (non-hydrogen) atoms. The summed E-state index contributed by atoms with van der Waals surface area (Å²) in [6, 6.07) is 19.6. The Bertz CT molecular complexity index is 1420. The minimum atomic E-state index is -0.951. The van der Waals surface area contributed by atoms with Gasteiger partial charge < -0.3 is 20.3 Å². The lowest BCUT2D eigenvalue weighted by atomic mass is 9.92. The molecule has 0 saturated heterocycles. The maximum atomic E-state index is 14.9. The number of carbonyl (C=O) groups excluding carboxylic acids is 3. The number of para-hydroxylation sites is 1. The summed E-state index contributed by atoms with van der Waals surface area (Å²) < 4.78 is 5.60. The summed E-state index contributed by atoms with van der Waals surface area (Å²) in [5.41, 5.74) is 5.42. The van der Waals surface area contributed by atoms with Gasteiger partial charge in [0.25, 0.3) is 5.91 Å². The number of aryl methyl sites for hydroxylation is 4. The zero-order chi connectivity index (χ0) is 33.9. The van der Waals surface area contributed by atoms with Crippen LogP contribution in [-0.4, -0.2) is 41.0 Å². The number of amides is 3. The first-order chi connectivity index (χ1) is 21.8. The highest BCUT2D eigenvalue weighted by molar-refractivity contribution is 6.00. The van der Waals surface area contributed by atoms with E-state index in [1.165, 1.54) is 0 Å². The maximum Gasteiger partial charge on any atom is 0.408 e. The van der Waals surface area contributed by atoms with Crippen LogP contribution in [0.5, 0.6) is 0 Å². The maximum absolute atomic E-state index is 14.9. The van der Waals surface area contributed by atoms with Crippen LogP contribution in [-0.2, 0) is 20.7 Å². The minimum Gasteiger partial charge on any atom is -0.444 e. The molecule has 0 aliphatic rings. The predicted molar refractivity (Wildman–Crippen MR) is 187 cm³/mol. The molecule has 0 heterocycles. The normalized spacial score (nSPS) is 12.6. The zero-order valence-corrected chi connectivity index (χ0v) is 29.0. The molecule has 2 N–H and O–H groups in total. The smallest absolute Gasteiger partial charge is 0.408 e. The number of ether oxygens (including phenoxy) is 1. The van der Waals surface area contributed by atoms with Gasteiger partial charge in [0.05, 0.1) is 0 Å². The number of nitrogens with one attached hydrogen (secondary N) is 2. The molecule has 2 atom stereocenters. The zero-order valence-electron chi connectivity index (χ0n) is 29.0. The molecule has 0 saturated carbocycles. The summed E-state index contributed by atoms with van der Waals surface area (Å²) in [6.45, 7) is 15.8. The number of benzene rings is 3. The van der Waals surface area contributed by atoms with E-state index in [4.69, 9.17) is 4.74 Å². The summed E-state index contributed by atoms with van der Waals surface area (Å²) in [5.74, 6) is -0.609. The number of unbranched alkanes of at least 4 members (excludes halogenated alkanes) is 4. The van der Waals surface area contributed by atoms with Crippen molar-refractivity contribution in [3.8, 4) is 0 Å². The first kappa shape index (κ1) is 36.3. The lowest BCUT2D eigenvalue weighted by molar-refractivity contribution is -0.141. The van der Waals surface area contributed by atoms with Crippen molar-refractivity contribution in [3.63, 3.8) is 0 Å². The van der Waals surface area contributed by atoms with Crippen molar-refractivity contribution in [2.24, 2.45) is 0 Å². The van der Waals surface area contributed by atoms with Crippen LogP contribution in [0.2, 0.25) is 0 Å². The van der Waals surface area contributed by atoms with Gasteiger partial charge in [-0.3, -0.25) is 9.59 Å². The number of alkyl carbamates (subject to hydrolysis) is 1. The minimum absolute atomic E-state index is 0.253. The van der Waals surface area contributed by atoms with Gasteiger partial charge in [-0.1, -0.05) is 99.3 Å². The molecule has 3 amide bonds. The van der Waals surface area contributed by atoms with E-state index in [-0.39, 0.29) is 18.2 Å². The van der Waals surface area contributed by atoms with Gasteiger partial charge in [-0.25, -0.2) is 4.79 Å². The topological polar surface area (TPSA) is 87.7 Å². The van der Waals surface area contributed by atoms with E-state index in [1.807, 2.05) is 94.4 Å². The number of nitrogens with zero attached hydrogens (tertiary/aromatic N) is 1. The Kier molecular flexibility index (Phi) is 13.4. The highest BCUT2D eigenvalue weighted by Crippen LogP contribution is 2.31. The molecule has 248 valence electrons. The SMILES string of the molecule is CCCCCCCN(C(=O)C(Cc1ccccc1)NC(=O)OC(C)(C)C)C(C(=O)Nc1c(C)cccc1C)c1c(C)cccc1C. The average molecular weight is 628 g/mol. The van der Waals surface area contributed by atoms with Crippen LogP contribution in [0.1, 0.15) is 99.2 Å². The van der Waals surface area contributed by atoms with Gasteiger partial charge in [0.1, 0.15) is 17.7 Å². The van der Waals surface area contributed by atoms with E-state index in [9.17, 15) is 14.4 Å². The van der Waals surface area contributed by atoms with Crippen molar-refractivity contribution in [1.29, 1.82) is 0 Å². The van der Waals surface area contributed by atoms with E-state index in [2.05, 4.69) is 17.6 Å². The van der Waals surface area contributed by atoms with Gasteiger partial charge >= 0.3 is 6.09 Å². The fraction of sp³-hybridized carbons (Fsp3) is 0.462. The second-order valence-electron chi connectivity index (χ2n) is 13.3. The van der Waals surface area contributed by atoms with Crippen LogP contribution in [0, 0.1) is 27.7 Å². The van der Waals surface area contributed by atoms with Gasteiger partial charge in [0, 0.05) is 18.7 Å². The van der Waals surface area contributed by atoms with Gasteiger partial charge in [0.2, 0.25) is 5.91 Å². The van der Waals surface area contributed by atoms with Gasteiger partial charge in [-0.15, -0.1) is 0 Å². The molecule has 0 bridgehead atoms. The molecule has 0 spiro atoms. The van der Waals surface area contributed by atoms with Crippen molar-refractivity contribution < 1.29 is 19.1 Å². The fourth-order valence-electron chi connectivity index (χ4n) is 5.84. The van der Waals surface area contributed by atoms with Crippen molar-refractivity contribution in [2.75, 3.05) is 11.9 Å². The van der Waals surface area contributed by atoms with Crippen LogP contribution < -0.4 is 10.6 Å². The highest BCUT2D eigenvalue weighted by Gasteiger charge is 2.37. The second-order valence-corrected chi connectivity index (χ2v) is 13.3. The molecule has 7 nitrogen and oxygen atoms in total. The number of anilines is 1. The highest BCUT2D eigenvalue weighted by atomic mass is 16.6. The van der Waals surface area contributed by atoms with Gasteiger partial charge in [-0.05, 0) is 88.3 Å². The first-order valence-electron chi connectivity index (χ1n) is 16.6. The number of carbonyl (C=O) groups is 3. The summed E-state index contributed by atoms with van der Waals surface area (Å²) in [4.78, 5) is 44.3. The molecular weight excluding hydrogens is 574 g/mol. The number of hydrogen-bond acceptors (Lipinski definition) is 4. The molecule has 0 fully saturated rings. The molecule has 7 heteroatoms. The van der Waals surface area contributed by atoms with Crippen LogP contribution in [0.25, 0.3) is 0 Å². The Labute approximate surface area is 276 Å². The lowest BCUT2D eigenvalue weighted by Gasteiger charge is -2.36. The third kappa shape index (κ3) is 10.5. The Balaban J connectivity index is 2.14. The van der Waals surface area contributed by atoms with E-state index in [0.717, 1.165) is 71.2 Å². The van der Waals surface area contributed by atoms with Crippen molar-refractivity contribution in [3.05, 3.63) is 100 Å². The largest absolute Gasteiger partial charge is 0.444 e. The molecular formula is C39H53N3O4. The van der Waals surface area contributed by atoms with Crippen LogP contribution in [0.15, 0.2) is 66.7 Å². The van der Waals surface area contributed by atoms with E-state index in [0.29, 0.717) is 6.54 Å². The Morgan fingerprint density at radius 3 is 1.89 bits per heavy atom. The second kappa shape index (κ2) is 17.0. The lowest BCUT2D eigenvalue weighted by Crippen LogP contribution is -2.53. The summed E-state index contributed by atoms with van der Waals surface area (Å²) in [7, 11) is 0. The molecule has 3 aromatic rings. The van der Waals surface area contributed by atoms with Crippen LogP contribution in [0.3, 0.4) is 0 Å². The third-order valence-electron chi connectivity index (χ3n) is 8.16. The summed E-state index contributed by atoms with van der Waals surface area (Å²) >= 11 is 0. The van der Waals surface area contributed by atoms with Crippen LogP contribution >= 0.6 is 0 Å². The standard InChI is InChI=1S/C39H53N3O4/c1-9-10-11-12-16-25-42(37(44)32(26-31-23-14-13-15-24-31)40-38(45)46-39(6,7)8)35(33-27(2)19-17-20-28(33)3)36(43)41-34-29(4)21-18-22-30(34)5/h13-15,17-24,32,35H,9-12,16,25-26H2,1-8H3,(H,40,45)(H,41,43). The average Bonchev–Trinajstić information content (AvgIpc) is 2.98. The molecule has 3 aromatic carbocycles. The molecule has 3 rings (SSSR count). The summed E-state index contributed by atoms with van der Waals surface area (Å²) in [6.07, 6.45) is 4.50. The molecule has 2 unspecified atom stereocenters. The number of rotatable bonds is 14. The molecule has 0 aliphatic carbocycles. The quantitative estimate of drug-likeness (QED) is 0.175. The fourth-order valence-corrected chi connectivity index (χ4v) is 5.84. The summed E-state index contributed by atoms with van der Waals surface area (Å²) in [5, 5.41) is 6.06. The van der Waals surface area contributed by atoms with Crippen LogP contribution in [0.4, 0.5) is 10.5 Å². The van der Waals surface area contributed by atoms with E-state index in [1.54, 1.807) is 25.7 Å². The Morgan fingerprint density at radius 1 is 0.761 bits per heavy atom. The van der Waals surface area contributed by atoms with Gasteiger partial charge in [0.15, 0.2) is 0 Å².